The van der Waals surface area contributed by atoms with E-state index in [2.05, 4.69) is 23.7 Å². The van der Waals surface area contributed by atoms with E-state index < -0.39 is 0 Å². The quantitative estimate of drug-likeness (QED) is 0.622. The highest BCUT2D eigenvalue weighted by atomic mass is 15.1. The Kier molecular flexibility index (Phi) is 3.55. The Morgan fingerprint density at radius 1 is 1.39 bits per heavy atom. The lowest BCUT2D eigenvalue weighted by Gasteiger charge is -2.26. The van der Waals surface area contributed by atoms with Gasteiger partial charge >= 0.3 is 0 Å². The van der Waals surface area contributed by atoms with Gasteiger partial charge in [-0.25, -0.2) is 0 Å². The van der Waals surface area contributed by atoms with E-state index in [-0.39, 0.29) is 5.84 Å². The van der Waals surface area contributed by atoms with Gasteiger partial charge < -0.3 is 10.6 Å². The summed E-state index contributed by atoms with van der Waals surface area (Å²) in [4.78, 5) is 6.55. The number of aromatic nitrogens is 1. The maximum atomic E-state index is 7.62. The zero-order valence-electron chi connectivity index (χ0n) is 11.2. The standard InChI is InChI=1S/C14H22N4/c1-14(2)6-4-9-18(10-7-14)11-5-3-8-17-12(11)13(15)16/h3,5,8H,4,6-7,9-10H2,1-2H3,(H3,15,16). The fourth-order valence-electron chi connectivity index (χ4n) is 2.52. The van der Waals surface area contributed by atoms with Crippen molar-refractivity contribution in [1.29, 1.82) is 5.41 Å². The molecule has 98 valence electrons. The van der Waals surface area contributed by atoms with Gasteiger partial charge in [0.25, 0.3) is 0 Å². The van der Waals surface area contributed by atoms with E-state index in [1.807, 2.05) is 12.1 Å². The van der Waals surface area contributed by atoms with E-state index in [9.17, 15) is 0 Å². The summed E-state index contributed by atoms with van der Waals surface area (Å²) in [6.45, 7) is 6.69. The number of hydrogen-bond acceptors (Lipinski definition) is 3. The van der Waals surface area contributed by atoms with Crippen LogP contribution in [0.15, 0.2) is 18.3 Å². The molecule has 1 aromatic heterocycles. The average molecular weight is 246 g/mol. The predicted octanol–water partition coefficient (Wildman–Crippen LogP) is 2.38. The average Bonchev–Trinajstić information content (AvgIpc) is 2.50. The Morgan fingerprint density at radius 2 is 2.17 bits per heavy atom. The molecule has 1 fully saturated rings. The van der Waals surface area contributed by atoms with Crippen molar-refractivity contribution in [2.75, 3.05) is 18.0 Å². The topological polar surface area (TPSA) is 66.0 Å². The van der Waals surface area contributed by atoms with E-state index in [0.717, 1.165) is 18.8 Å². The third-order valence-electron chi connectivity index (χ3n) is 3.72. The maximum absolute atomic E-state index is 7.62. The van der Waals surface area contributed by atoms with Gasteiger partial charge in [-0.1, -0.05) is 13.8 Å². The highest BCUT2D eigenvalue weighted by molar-refractivity contribution is 5.98. The molecule has 0 aromatic carbocycles. The van der Waals surface area contributed by atoms with E-state index in [1.54, 1.807) is 6.20 Å². The summed E-state index contributed by atoms with van der Waals surface area (Å²) < 4.78 is 0. The van der Waals surface area contributed by atoms with Crippen molar-refractivity contribution >= 4 is 11.5 Å². The normalized spacial score (nSPS) is 19.3. The molecule has 1 aliphatic rings. The molecule has 0 saturated carbocycles. The SMILES string of the molecule is CC1(C)CCCN(c2cccnc2C(=N)N)CC1. The van der Waals surface area contributed by atoms with Crippen LogP contribution in [0.4, 0.5) is 5.69 Å². The van der Waals surface area contributed by atoms with Gasteiger partial charge in [-0.05, 0) is 36.8 Å². The molecule has 0 radical (unpaired) electrons. The first-order valence-electron chi connectivity index (χ1n) is 6.54. The number of pyridine rings is 1. The summed E-state index contributed by atoms with van der Waals surface area (Å²) in [5.74, 6) is 0.0501. The summed E-state index contributed by atoms with van der Waals surface area (Å²) in [6, 6.07) is 3.93. The lowest BCUT2D eigenvalue weighted by atomic mass is 9.85. The van der Waals surface area contributed by atoms with Crippen molar-refractivity contribution in [2.45, 2.75) is 33.1 Å². The van der Waals surface area contributed by atoms with E-state index >= 15 is 0 Å². The van der Waals surface area contributed by atoms with Gasteiger partial charge in [0.15, 0.2) is 0 Å². The molecule has 0 bridgehead atoms. The van der Waals surface area contributed by atoms with Crippen LogP contribution in [-0.2, 0) is 0 Å². The molecule has 0 aliphatic carbocycles. The number of nitrogens with two attached hydrogens (primary N) is 1. The minimum absolute atomic E-state index is 0.0501. The maximum Gasteiger partial charge on any atom is 0.143 e. The molecule has 1 aliphatic heterocycles. The first kappa shape index (κ1) is 12.9. The van der Waals surface area contributed by atoms with Gasteiger partial charge in [-0.2, -0.15) is 0 Å². The Hall–Kier alpha value is -1.58. The third-order valence-corrected chi connectivity index (χ3v) is 3.72. The molecule has 0 unspecified atom stereocenters. The van der Waals surface area contributed by atoms with Crippen LogP contribution in [0.1, 0.15) is 38.8 Å². The summed E-state index contributed by atoms with van der Waals surface area (Å²) in [7, 11) is 0. The van der Waals surface area contributed by atoms with Crippen molar-refractivity contribution in [3.63, 3.8) is 0 Å². The minimum atomic E-state index is 0.0501. The Balaban J connectivity index is 2.24. The molecule has 0 spiro atoms. The fraction of sp³-hybridized carbons (Fsp3) is 0.571. The molecule has 3 N–H and O–H groups in total. The molecule has 1 aromatic rings. The molecule has 0 atom stereocenters. The van der Waals surface area contributed by atoms with Crippen molar-refractivity contribution in [3.8, 4) is 0 Å². The van der Waals surface area contributed by atoms with Crippen LogP contribution in [-0.4, -0.2) is 23.9 Å². The van der Waals surface area contributed by atoms with Crippen LogP contribution in [0.5, 0.6) is 0 Å². The Morgan fingerprint density at radius 3 is 2.89 bits per heavy atom. The van der Waals surface area contributed by atoms with Crippen LogP contribution in [0.2, 0.25) is 0 Å². The molecular formula is C14H22N4. The van der Waals surface area contributed by atoms with E-state index in [4.69, 9.17) is 11.1 Å². The number of nitrogens with one attached hydrogen (secondary N) is 1. The molecule has 18 heavy (non-hydrogen) atoms. The molecule has 2 rings (SSSR count). The first-order valence-corrected chi connectivity index (χ1v) is 6.54. The molecule has 1 saturated heterocycles. The second-order valence-corrected chi connectivity index (χ2v) is 5.79. The second kappa shape index (κ2) is 4.96. The molecule has 4 heteroatoms. The number of nitrogen functional groups attached to an aromatic ring is 1. The zero-order chi connectivity index (χ0) is 13.2. The number of nitrogens with zero attached hydrogens (tertiary/aromatic N) is 2. The minimum Gasteiger partial charge on any atom is -0.382 e. The molecular weight excluding hydrogens is 224 g/mol. The Bertz CT molecular complexity index is 439. The van der Waals surface area contributed by atoms with Crippen molar-refractivity contribution in [1.82, 2.24) is 4.98 Å². The van der Waals surface area contributed by atoms with E-state index in [1.165, 1.54) is 19.3 Å². The van der Waals surface area contributed by atoms with Crippen LogP contribution in [0.3, 0.4) is 0 Å². The van der Waals surface area contributed by atoms with Crippen LogP contribution in [0, 0.1) is 10.8 Å². The summed E-state index contributed by atoms with van der Waals surface area (Å²) in [5, 5.41) is 7.62. The number of hydrogen-bond donors (Lipinski definition) is 2. The van der Waals surface area contributed by atoms with Gasteiger partial charge in [0.2, 0.25) is 0 Å². The van der Waals surface area contributed by atoms with Gasteiger partial charge in [0, 0.05) is 19.3 Å². The number of rotatable bonds is 2. The largest absolute Gasteiger partial charge is 0.382 e. The molecule has 4 nitrogen and oxygen atoms in total. The van der Waals surface area contributed by atoms with Crippen LogP contribution in [0.25, 0.3) is 0 Å². The smallest absolute Gasteiger partial charge is 0.143 e. The van der Waals surface area contributed by atoms with Gasteiger partial charge in [-0.15, -0.1) is 0 Å². The van der Waals surface area contributed by atoms with Crippen molar-refractivity contribution in [3.05, 3.63) is 24.0 Å². The third kappa shape index (κ3) is 2.81. The van der Waals surface area contributed by atoms with Crippen molar-refractivity contribution < 1.29 is 0 Å². The Labute approximate surface area is 109 Å². The lowest BCUT2D eigenvalue weighted by molar-refractivity contribution is 0.325. The highest BCUT2D eigenvalue weighted by Gasteiger charge is 2.24. The first-order chi connectivity index (χ1) is 8.49. The van der Waals surface area contributed by atoms with Gasteiger partial charge in [0.05, 0.1) is 5.69 Å². The second-order valence-electron chi connectivity index (χ2n) is 5.79. The van der Waals surface area contributed by atoms with E-state index in [0.29, 0.717) is 11.1 Å². The highest BCUT2D eigenvalue weighted by Crippen LogP contribution is 2.32. The molecule has 2 heterocycles. The lowest BCUT2D eigenvalue weighted by Crippen LogP contribution is -2.28. The van der Waals surface area contributed by atoms with Crippen LogP contribution < -0.4 is 10.6 Å². The number of amidine groups is 1. The van der Waals surface area contributed by atoms with Gasteiger partial charge in [0.1, 0.15) is 11.5 Å². The monoisotopic (exact) mass is 246 g/mol. The summed E-state index contributed by atoms with van der Waals surface area (Å²) >= 11 is 0. The fourth-order valence-corrected chi connectivity index (χ4v) is 2.52. The zero-order valence-corrected chi connectivity index (χ0v) is 11.2. The predicted molar refractivity (Wildman–Crippen MR) is 75.1 cm³/mol. The van der Waals surface area contributed by atoms with Crippen LogP contribution >= 0.6 is 0 Å². The number of anilines is 1. The summed E-state index contributed by atoms with van der Waals surface area (Å²) in [6.07, 6.45) is 5.29. The van der Waals surface area contributed by atoms with Crippen molar-refractivity contribution in [2.24, 2.45) is 11.1 Å². The molecule has 0 amide bonds. The summed E-state index contributed by atoms with van der Waals surface area (Å²) in [5.41, 5.74) is 7.63. The van der Waals surface area contributed by atoms with Gasteiger partial charge in [-0.3, -0.25) is 10.4 Å².